The van der Waals surface area contributed by atoms with E-state index in [1.54, 1.807) is 19.9 Å². The summed E-state index contributed by atoms with van der Waals surface area (Å²) in [6.45, 7) is 5.54. The molecular formula is C16H24FNO3S. The van der Waals surface area contributed by atoms with Gasteiger partial charge in [0.25, 0.3) is 0 Å². The second-order valence-electron chi connectivity index (χ2n) is 6.43. The van der Waals surface area contributed by atoms with E-state index >= 15 is 0 Å². The number of halogens is 1. The topological polar surface area (TPSA) is 46.6 Å². The summed E-state index contributed by atoms with van der Waals surface area (Å²) in [5.74, 6) is 0.133. The van der Waals surface area contributed by atoms with Gasteiger partial charge >= 0.3 is 0 Å². The number of aryl methyl sites for hydroxylation is 1. The lowest BCUT2D eigenvalue weighted by Gasteiger charge is -2.37. The number of rotatable bonds is 5. The minimum Gasteiger partial charge on any atom is -0.494 e. The summed E-state index contributed by atoms with van der Waals surface area (Å²) >= 11 is 0. The molecule has 1 aromatic carbocycles. The Morgan fingerprint density at radius 3 is 2.68 bits per heavy atom. The largest absolute Gasteiger partial charge is 0.494 e. The number of hydrogen-bond acceptors (Lipinski definition) is 4. The van der Waals surface area contributed by atoms with E-state index in [1.165, 1.54) is 13.2 Å². The smallest absolute Gasteiger partial charge is 0.165 e. The predicted octanol–water partition coefficient (Wildman–Crippen LogP) is 2.28. The molecule has 1 aromatic rings. The fraction of sp³-hybridized carbons (Fsp3) is 0.625. The van der Waals surface area contributed by atoms with Crippen LogP contribution >= 0.6 is 0 Å². The zero-order valence-electron chi connectivity index (χ0n) is 13.4. The van der Waals surface area contributed by atoms with Crippen LogP contribution in [0.1, 0.15) is 25.8 Å². The van der Waals surface area contributed by atoms with E-state index in [1.807, 2.05) is 6.07 Å². The van der Waals surface area contributed by atoms with Gasteiger partial charge in [-0.1, -0.05) is 6.07 Å². The fourth-order valence-electron chi connectivity index (χ4n) is 2.80. The van der Waals surface area contributed by atoms with Crippen molar-refractivity contribution in [3.63, 3.8) is 0 Å². The molecule has 1 fully saturated rings. The first-order chi connectivity index (χ1) is 10.2. The summed E-state index contributed by atoms with van der Waals surface area (Å²) in [5.41, 5.74) is 0.933. The number of benzene rings is 1. The molecular weight excluding hydrogens is 305 g/mol. The Morgan fingerprint density at radius 1 is 1.36 bits per heavy atom. The van der Waals surface area contributed by atoms with E-state index in [-0.39, 0.29) is 17.3 Å². The molecule has 1 saturated heterocycles. The third kappa shape index (κ3) is 3.79. The van der Waals surface area contributed by atoms with Crippen LogP contribution in [0, 0.1) is 5.82 Å². The van der Waals surface area contributed by atoms with Crippen molar-refractivity contribution in [3.05, 3.63) is 29.6 Å². The SMILES string of the molecule is COc1ccc(CCCN2CCS(=O)(=O)C(C)(C)C2)cc1F. The first-order valence-corrected chi connectivity index (χ1v) is 9.17. The highest BCUT2D eigenvalue weighted by Gasteiger charge is 2.39. The average molecular weight is 329 g/mol. The number of nitrogens with zero attached hydrogens (tertiary/aromatic N) is 1. The molecule has 0 spiro atoms. The summed E-state index contributed by atoms with van der Waals surface area (Å²) in [6, 6.07) is 5.01. The Morgan fingerprint density at radius 2 is 2.09 bits per heavy atom. The summed E-state index contributed by atoms with van der Waals surface area (Å²) in [6.07, 6.45) is 1.65. The molecule has 0 atom stereocenters. The maximum Gasteiger partial charge on any atom is 0.165 e. The van der Waals surface area contributed by atoms with Gasteiger partial charge in [0, 0.05) is 13.1 Å². The van der Waals surface area contributed by atoms with Gasteiger partial charge in [-0.2, -0.15) is 0 Å². The molecule has 0 saturated carbocycles. The molecule has 0 radical (unpaired) electrons. The van der Waals surface area contributed by atoms with Crippen LogP contribution in [0.5, 0.6) is 5.75 Å². The lowest BCUT2D eigenvalue weighted by molar-refractivity contribution is 0.247. The van der Waals surface area contributed by atoms with E-state index in [4.69, 9.17) is 4.74 Å². The second-order valence-corrected chi connectivity index (χ2v) is 9.17. The summed E-state index contributed by atoms with van der Waals surface area (Å²) in [5, 5.41) is 0. The molecule has 124 valence electrons. The van der Waals surface area contributed by atoms with Gasteiger partial charge in [0.1, 0.15) is 0 Å². The number of hydrogen-bond donors (Lipinski definition) is 0. The molecule has 0 aromatic heterocycles. The van der Waals surface area contributed by atoms with Gasteiger partial charge in [0.15, 0.2) is 21.4 Å². The number of sulfone groups is 1. The minimum atomic E-state index is -2.99. The Bertz CT molecular complexity index is 628. The molecule has 1 aliphatic heterocycles. The number of methoxy groups -OCH3 is 1. The first-order valence-electron chi connectivity index (χ1n) is 7.52. The van der Waals surface area contributed by atoms with Gasteiger partial charge in [-0.05, 0) is 50.9 Å². The van der Waals surface area contributed by atoms with Crippen molar-refractivity contribution >= 4 is 9.84 Å². The predicted molar refractivity (Wildman–Crippen MR) is 85.6 cm³/mol. The summed E-state index contributed by atoms with van der Waals surface area (Å²) < 4.78 is 41.8. The quantitative estimate of drug-likeness (QED) is 0.831. The maximum absolute atomic E-state index is 13.6. The van der Waals surface area contributed by atoms with Crippen LogP contribution in [0.4, 0.5) is 4.39 Å². The molecule has 0 N–H and O–H groups in total. The Kier molecular flexibility index (Phi) is 5.12. The van der Waals surface area contributed by atoms with Crippen molar-refractivity contribution in [1.82, 2.24) is 4.90 Å². The van der Waals surface area contributed by atoms with Crippen LogP contribution in [-0.4, -0.2) is 50.6 Å². The zero-order chi connectivity index (χ0) is 16.4. The molecule has 0 amide bonds. The van der Waals surface area contributed by atoms with Crippen LogP contribution in [-0.2, 0) is 16.3 Å². The van der Waals surface area contributed by atoms with Crippen molar-refractivity contribution in [3.8, 4) is 5.75 Å². The van der Waals surface area contributed by atoms with Crippen molar-refractivity contribution in [2.45, 2.75) is 31.4 Å². The molecule has 1 heterocycles. The lowest BCUT2D eigenvalue weighted by Crippen LogP contribution is -2.53. The van der Waals surface area contributed by atoms with Crippen LogP contribution in [0.2, 0.25) is 0 Å². The summed E-state index contributed by atoms with van der Waals surface area (Å²) in [7, 11) is -1.54. The molecule has 0 bridgehead atoms. The summed E-state index contributed by atoms with van der Waals surface area (Å²) in [4.78, 5) is 2.18. The van der Waals surface area contributed by atoms with E-state index < -0.39 is 14.6 Å². The first kappa shape index (κ1) is 17.2. The number of ether oxygens (including phenoxy) is 1. The van der Waals surface area contributed by atoms with Crippen molar-refractivity contribution < 1.29 is 17.5 Å². The van der Waals surface area contributed by atoms with Crippen LogP contribution in [0.3, 0.4) is 0 Å². The van der Waals surface area contributed by atoms with Gasteiger partial charge in [-0.25, -0.2) is 12.8 Å². The molecule has 1 aliphatic rings. The fourth-order valence-corrected chi connectivity index (χ4v) is 4.23. The van der Waals surface area contributed by atoms with E-state index in [0.717, 1.165) is 24.9 Å². The Labute approximate surface area is 132 Å². The highest BCUT2D eigenvalue weighted by molar-refractivity contribution is 7.92. The van der Waals surface area contributed by atoms with E-state index in [2.05, 4.69) is 4.90 Å². The average Bonchev–Trinajstić information content (AvgIpc) is 2.43. The van der Waals surface area contributed by atoms with Gasteiger partial charge in [0.2, 0.25) is 0 Å². The molecule has 0 aliphatic carbocycles. The van der Waals surface area contributed by atoms with Crippen molar-refractivity contribution in [2.24, 2.45) is 0 Å². The monoisotopic (exact) mass is 329 g/mol. The van der Waals surface area contributed by atoms with E-state index in [0.29, 0.717) is 13.1 Å². The third-order valence-corrected chi connectivity index (χ3v) is 6.81. The van der Waals surface area contributed by atoms with Crippen LogP contribution in [0.15, 0.2) is 18.2 Å². The van der Waals surface area contributed by atoms with Gasteiger partial charge in [-0.15, -0.1) is 0 Å². The van der Waals surface area contributed by atoms with Crippen LogP contribution < -0.4 is 4.74 Å². The van der Waals surface area contributed by atoms with Crippen molar-refractivity contribution in [2.75, 3.05) is 32.5 Å². The maximum atomic E-state index is 13.6. The standard InChI is InChI=1S/C16H24FNO3S/c1-16(2)12-18(9-10-22(16,19)20)8-4-5-13-6-7-15(21-3)14(17)11-13/h6-7,11H,4-5,8-10,12H2,1-3H3. The zero-order valence-corrected chi connectivity index (χ0v) is 14.2. The molecule has 2 rings (SSSR count). The van der Waals surface area contributed by atoms with E-state index in [9.17, 15) is 12.8 Å². The Balaban J connectivity index is 1.86. The van der Waals surface area contributed by atoms with Gasteiger partial charge in [0.05, 0.1) is 17.6 Å². The van der Waals surface area contributed by atoms with Crippen LogP contribution in [0.25, 0.3) is 0 Å². The highest BCUT2D eigenvalue weighted by Crippen LogP contribution is 2.24. The third-order valence-electron chi connectivity index (χ3n) is 4.28. The highest BCUT2D eigenvalue weighted by atomic mass is 32.2. The van der Waals surface area contributed by atoms with Gasteiger partial charge < -0.3 is 9.64 Å². The molecule has 22 heavy (non-hydrogen) atoms. The molecule has 0 unspecified atom stereocenters. The minimum absolute atomic E-state index is 0.219. The normalized spacial score (nSPS) is 20.7. The van der Waals surface area contributed by atoms with Crippen molar-refractivity contribution in [1.29, 1.82) is 0 Å². The molecule has 4 nitrogen and oxygen atoms in total. The molecule has 6 heteroatoms. The lowest BCUT2D eigenvalue weighted by atomic mass is 10.1. The Hall–Kier alpha value is -1.14. The second kappa shape index (κ2) is 6.54. The van der Waals surface area contributed by atoms with Gasteiger partial charge in [-0.3, -0.25) is 0 Å².